The zero-order valence-electron chi connectivity index (χ0n) is 13.3. The minimum Gasteiger partial charge on any atom is -0.348 e. The molecule has 1 atom stereocenters. The molecule has 120 valence electrons. The molecule has 2 saturated heterocycles. The maximum atomic E-state index is 12.2. The molecule has 0 N–H and O–H groups in total. The van der Waals surface area contributed by atoms with Crippen LogP contribution < -0.4 is 0 Å². The third-order valence-corrected chi connectivity index (χ3v) is 4.10. The molecular weight excluding hydrogens is 268 g/mol. The molecule has 0 aliphatic carbocycles. The molecule has 2 aliphatic rings. The highest BCUT2D eigenvalue weighted by Crippen LogP contribution is 2.25. The summed E-state index contributed by atoms with van der Waals surface area (Å²) in [5, 5.41) is 0. The van der Waals surface area contributed by atoms with Crippen molar-refractivity contribution in [1.82, 2.24) is 9.80 Å². The van der Waals surface area contributed by atoms with Crippen molar-refractivity contribution in [3.05, 3.63) is 12.7 Å². The molecule has 2 fully saturated rings. The zero-order valence-corrected chi connectivity index (χ0v) is 13.3. The standard InChI is InChI=1S/C16H28N2O3/c1-4-8-17-9-11-18(12-10-17)15(19)7-5-6-14-13-20-16(2,3)21-14/h4,14H,1,5-13H2,2-3H3. The molecule has 0 spiro atoms. The molecule has 5 heteroatoms. The van der Waals surface area contributed by atoms with E-state index in [9.17, 15) is 4.79 Å². The van der Waals surface area contributed by atoms with Gasteiger partial charge in [0.05, 0.1) is 12.7 Å². The van der Waals surface area contributed by atoms with E-state index in [4.69, 9.17) is 9.47 Å². The van der Waals surface area contributed by atoms with E-state index in [0.717, 1.165) is 45.6 Å². The van der Waals surface area contributed by atoms with Gasteiger partial charge < -0.3 is 14.4 Å². The Bertz CT molecular complexity index is 363. The molecule has 2 rings (SSSR count). The average molecular weight is 296 g/mol. The lowest BCUT2D eigenvalue weighted by molar-refractivity contribution is -0.139. The quantitative estimate of drug-likeness (QED) is 0.699. The summed E-state index contributed by atoms with van der Waals surface area (Å²) in [6, 6.07) is 0. The predicted molar refractivity (Wildman–Crippen MR) is 82.0 cm³/mol. The highest BCUT2D eigenvalue weighted by Gasteiger charge is 2.32. The van der Waals surface area contributed by atoms with Gasteiger partial charge in [0.1, 0.15) is 0 Å². The SMILES string of the molecule is C=CCN1CCN(C(=O)CCCC2COC(C)(C)O2)CC1. The molecular formula is C16H28N2O3. The van der Waals surface area contributed by atoms with Crippen molar-refractivity contribution in [2.75, 3.05) is 39.3 Å². The predicted octanol–water partition coefficient (Wildman–Crippen LogP) is 1.64. The topological polar surface area (TPSA) is 42.0 Å². The summed E-state index contributed by atoms with van der Waals surface area (Å²) in [5.74, 6) is -0.192. The number of carbonyl (C=O) groups excluding carboxylic acids is 1. The van der Waals surface area contributed by atoms with Crippen molar-refractivity contribution < 1.29 is 14.3 Å². The second kappa shape index (κ2) is 7.38. The molecule has 5 nitrogen and oxygen atoms in total. The highest BCUT2D eigenvalue weighted by molar-refractivity contribution is 5.76. The molecule has 1 unspecified atom stereocenters. The average Bonchev–Trinajstić information content (AvgIpc) is 2.79. The summed E-state index contributed by atoms with van der Waals surface area (Å²) < 4.78 is 11.3. The van der Waals surface area contributed by atoms with Crippen molar-refractivity contribution in [3.8, 4) is 0 Å². The first-order chi connectivity index (χ1) is 10.00. The lowest BCUT2D eigenvalue weighted by atomic mass is 10.1. The molecule has 0 saturated carbocycles. The number of hydrogen-bond donors (Lipinski definition) is 0. The Kier molecular flexibility index (Phi) is 5.79. The smallest absolute Gasteiger partial charge is 0.222 e. The van der Waals surface area contributed by atoms with Crippen molar-refractivity contribution in [2.45, 2.75) is 45.0 Å². The Morgan fingerprint density at radius 3 is 2.62 bits per heavy atom. The van der Waals surface area contributed by atoms with Crippen LogP contribution in [0.15, 0.2) is 12.7 Å². The van der Waals surface area contributed by atoms with Crippen LogP contribution in [0.2, 0.25) is 0 Å². The largest absolute Gasteiger partial charge is 0.348 e. The van der Waals surface area contributed by atoms with Crippen LogP contribution in [0, 0.1) is 0 Å². The van der Waals surface area contributed by atoms with Gasteiger partial charge in [-0.15, -0.1) is 6.58 Å². The maximum Gasteiger partial charge on any atom is 0.222 e. The molecule has 21 heavy (non-hydrogen) atoms. The Morgan fingerprint density at radius 1 is 1.33 bits per heavy atom. The van der Waals surface area contributed by atoms with E-state index in [1.54, 1.807) is 0 Å². The van der Waals surface area contributed by atoms with E-state index in [-0.39, 0.29) is 12.0 Å². The fourth-order valence-electron chi connectivity index (χ4n) is 2.91. The second-order valence-corrected chi connectivity index (χ2v) is 6.31. The summed E-state index contributed by atoms with van der Waals surface area (Å²) >= 11 is 0. The number of hydrogen-bond acceptors (Lipinski definition) is 4. The van der Waals surface area contributed by atoms with Crippen molar-refractivity contribution >= 4 is 5.91 Å². The van der Waals surface area contributed by atoms with Crippen LogP contribution in [0.1, 0.15) is 33.1 Å². The number of amides is 1. The van der Waals surface area contributed by atoms with E-state index >= 15 is 0 Å². The second-order valence-electron chi connectivity index (χ2n) is 6.31. The van der Waals surface area contributed by atoms with Crippen LogP contribution >= 0.6 is 0 Å². The summed E-state index contributed by atoms with van der Waals surface area (Å²) in [7, 11) is 0. The fourth-order valence-corrected chi connectivity index (χ4v) is 2.91. The normalized spacial score (nSPS) is 26.0. The fraction of sp³-hybridized carbons (Fsp3) is 0.812. The number of carbonyl (C=O) groups is 1. The van der Waals surface area contributed by atoms with Gasteiger partial charge in [0.2, 0.25) is 5.91 Å². The highest BCUT2D eigenvalue weighted by atomic mass is 16.7. The molecule has 2 aliphatic heterocycles. The van der Waals surface area contributed by atoms with Crippen LogP contribution in [0.25, 0.3) is 0 Å². The van der Waals surface area contributed by atoms with Gasteiger partial charge >= 0.3 is 0 Å². The Morgan fingerprint density at radius 2 is 2.05 bits per heavy atom. The first kappa shape index (κ1) is 16.5. The van der Waals surface area contributed by atoms with Gasteiger partial charge in [-0.25, -0.2) is 0 Å². The monoisotopic (exact) mass is 296 g/mol. The van der Waals surface area contributed by atoms with Crippen LogP contribution in [-0.2, 0) is 14.3 Å². The van der Waals surface area contributed by atoms with Gasteiger partial charge in [-0.1, -0.05) is 6.08 Å². The summed E-state index contributed by atoms with van der Waals surface area (Å²) in [4.78, 5) is 16.5. The summed E-state index contributed by atoms with van der Waals surface area (Å²) in [5.41, 5.74) is 0. The number of rotatable bonds is 6. The Labute approximate surface area is 127 Å². The van der Waals surface area contributed by atoms with Crippen molar-refractivity contribution in [1.29, 1.82) is 0 Å². The maximum absolute atomic E-state index is 12.2. The lowest BCUT2D eigenvalue weighted by Crippen LogP contribution is -2.48. The van der Waals surface area contributed by atoms with Crippen molar-refractivity contribution in [2.24, 2.45) is 0 Å². The molecule has 0 aromatic heterocycles. The molecule has 1 amide bonds. The van der Waals surface area contributed by atoms with E-state index in [0.29, 0.717) is 13.0 Å². The number of piperazine rings is 1. The van der Waals surface area contributed by atoms with Gasteiger partial charge in [-0.05, 0) is 26.7 Å². The van der Waals surface area contributed by atoms with E-state index in [1.807, 2.05) is 24.8 Å². The van der Waals surface area contributed by atoms with E-state index < -0.39 is 5.79 Å². The summed E-state index contributed by atoms with van der Waals surface area (Å²) in [6.45, 7) is 12.7. The molecule has 0 bridgehead atoms. The van der Waals surface area contributed by atoms with E-state index in [2.05, 4.69) is 11.5 Å². The molecule has 0 aromatic rings. The van der Waals surface area contributed by atoms with Gasteiger partial charge in [0, 0.05) is 39.1 Å². The minimum atomic E-state index is -0.462. The number of nitrogens with zero attached hydrogens (tertiary/aromatic N) is 2. The van der Waals surface area contributed by atoms with Gasteiger partial charge in [-0.2, -0.15) is 0 Å². The van der Waals surface area contributed by atoms with Crippen LogP contribution in [-0.4, -0.2) is 66.9 Å². The Hall–Kier alpha value is -0.910. The van der Waals surface area contributed by atoms with Crippen LogP contribution in [0.5, 0.6) is 0 Å². The third-order valence-electron chi connectivity index (χ3n) is 4.10. The first-order valence-corrected chi connectivity index (χ1v) is 7.93. The molecule has 2 heterocycles. The van der Waals surface area contributed by atoms with Gasteiger partial charge in [0.25, 0.3) is 0 Å². The molecule has 0 radical (unpaired) electrons. The van der Waals surface area contributed by atoms with Gasteiger partial charge in [0.15, 0.2) is 5.79 Å². The van der Waals surface area contributed by atoms with E-state index in [1.165, 1.54) is 0 Å². The first-order valence-electron chi connectivity index (χ1n) is 7.93. The number of ether oxygens (including phenoxy) is 2. The third kappa shape index (κ3) is 5.09. The van der Waals surface area contributed by atoms with Crippen LogP contribution in [0.3, 0.4) is 0 Å². The van der Waals surface area contributed by atoms with Crippen LogP contribution in [0.4, 0.5) is 0 Å². The van der Waals surface area contributed by atoms with Crippen molar-refractivity contribution in [3.63, 3.8) is 0 Å². The molecule has 0 aromatic carbocycles. The minimum absolute atomic E-state index is 0.136. The van der Waals surface area contributed by atoms with Gasteiger partial charge in [-0.3, -0.25) is 9.69 Å². The zero-order chi connectivity index (χ0) is 15.3. The lowest BCUT2D eigenvalue weighted by Gasteiger charge is -2.34. The Balaban J connectivity index is 1.61. The summed E-state index contributed by atoms with van der Waals surface area (Å²) in [6.07, 6.45) is 4.43.